The number of aromatic nitrogens is 6. The third-order valence-corrected chi connectivity index (χ3v) is 4.05. The number of amides is 1. The first-order valence-electron chi connectivity index (χ1n) is 7.19. The van der Waals surface area contributed by atoms with E-state index in [0.717, 1.165) is 10.0 Å². The number of carbonyl (C=O) groups excluding carboxylic acids is 1. The Morgan fingerprint density at radius 3 is 2.67 bits per heavy atom. The van der Waals surface area contributed by atoms with Crippen LogP contribution in [0.15, 0.2) is 41.4 Å². The van der Waals surface area contributed by atoms with Crippen molar-refractivity contribution in [2.24, 2.45) is 0 Å². The summed E-state index contributed by atoms with van der Waals surface area (Å²) in [6.07, 6.45) is 3.00. The van der Waals surface area contributed by atoms with Crippen molar-refractivity contribution in [2.75, 3.05) is 5.32 Å². The number of aromatic amines is 2. The van der Waals surface area contributed by atoms with Crippen LogP contribution in [0.1, 0.15) is 23.9 Å². The zero-order valence-electron chi connectivity index (χ0n) is 12.5. The van der Waals surface area contributed by atoms with Gasteiger partial charge in [-0.3, -0.25) is 15.2 Å². The number of nitrogens with one attached hydrogen (secondary N) is 4. The molecule has 10 heteroatoms. The fraction of sp³-hybridized carbons (Fsp3) is 0.214. The second-order valence-corrected chi connectivity index (χ2v) is 5.83. The largest absolute Gasteiger partial charge is 0.302 e. The molecule has 0 spiro atoms. The molecule has 1 atom stereocenters. The molecular formula is C14H15BrN8O. The van der Waals surface area contributed by atoms with Gasteiger partial charge in [0, 0.05) is 16.9 Å². The van der Waals surface area contributed by atoms with Crippen LogP contribution in [-0.4, -0.2) is 36.3 Å². The lowest BCUT2D eigenvalue weighted by atomic mass is 10.0. The van der Waals surface area contributed by atoms with E-state index in [1.165, 1.54) is 12.7 Å². The molecule has 0 radical (unpaired) electrons. The van der Waals surface area contributed by atoms with E-state index >= 15 is 0 Å². The van der Waals surface area contributed by atoms with Crippen molar-refractivity contribution >= 4 is 27.8 Å². The van der Waals surface area contributed by atoms with Crippen LogP contribution in [0.2, 0.25) is 0 Å². The Balaban J connectivity index is 1.71. The summed E-state index contributed by atoms with van der Waals surface area (Å²) in [7, 11) is 0. The number of halogens is 1. The Morgan fingerprint density at radius 2 is 1.96 bits per heavy atom. The van der Waals surface area contributed by atoms with E-state index in [1.54, 1.807) is 0 Å². The van der Waals surface area contributed by atoms with E-state index in [4.69, 9.17) is 0 Å². The minimum absolute atomic E-state index is 0.183. The van der Waals surface area contributed by atoms with Crippen molar-refractivity contribution in [3.63, 3.8) is 0 Å². The van der Waals surface area contributed by atoms with Gasteiger partial charge < -0.3 is 5.32 Å². The Kier molecular flexibility index (Phi) is 5.29. The predicted molar refractivity (Wildman–Crippen MR) is 89.7 cm³/mol. The average Bonchev–Trinajstić information content (AvgIpc) is 3.25. The van der Waals surface area contributed by atoms with Crippen molar-refractivity contribution in [1.29, 1.82) is 0 Å². The van der Waals surface area contributed by atoms with Crippen LogP contribution in [0.3, 0.4) is 0 Å². The maximum absolute atomic E-state index is 12.3. The summed E-state index contributed by atoms with van der Waals surface area (Å²) in [5, 5.41) is 18.9. The summed E-state index contributed by atoms with van der Waals surface area (Å²) in [5.41, 5.74) is 0.977. The molecule has 0 aliphatic heterocycles. The van der Waals surface area contributed by atoms with Crippen LogP contribution < -0.4 is 10.6 Å². The quantitative estimate of drug-likeness (QED) is 0.484. The number of rotatable bonds is 7. The molecule has 0 saturated carbocycles. The third kappa shape index (κ3) is 4.24. The lowest BCUT2D eigenvalue weighted by Crippen LogP contribution is -2.27. The molecule has 0 aliphatic rings. The Hall–Kier alpha value is -2.59. The molecule has 1 amide bonds. The first kappa shape index (κ1) is 16.3. The molecular weight excluding hydrogens is 376 g/mol. The average molecular weight is 391 g/mol. The van der Waals surface area contributed by atoms with E-state index < -0.39 is 0 Å². The Morgan fingerprint density at radius 1 is 1.17 bits per heavy atom. The summed E-state index contributed by atoms with van der Waals surface area (Å²) in [5.74, 6) is 0.835. The van der Waals surface area contributed by atoms with Crippen LogP contribution in [0.4, 0.5) is 5.95 Å². The second-order valence-electron chi connectivity index (χ2n) is 4.97. The number of hydrogen-bond donors (Lipinski definition) is 4. The highest BCUT2D eigenvalue weighted by Gasteiger charge is 2.19. The zero-order chi connectivity index (χ0) is 16.8. The van der Waals surface area contributed by atoms with Gasteiger partial charge in [-0.15, -0.1) is 0 Å². The van der Waals surface area contributed by atoms with E-state index in [2.05, 4.69) is 56.9 Å². The molecule has 0 bridgehead atoms. The van der Waals surface area contributed by atoms with Gasteiger partial charge in [-0.05, 0) is 11.6 Å². The molecule has 0 saturated heterocycles. The fourth-order valence-corrected chi connectivity index (χ4v) is 2.78. The molecule has 9 nitrogen and oxygen atoms in total. The molecule has 2 aromatic heterocycles. The molecule has 24 heavy (non-hydrogen) atoms. The second kappa shape index (κ2) is 7.79. The summed E-state index contributed by atoms with van der Waals surface area (Å²) in [4.78, 5) is 20.2. The molecule has 1 aromatic carbocycles. The van der Waals surface area contributed by atoms with Crippen molar-refractivity contribution in [3.8, 4) is 0 Å². The number of benzene rings is 1. The van der Waals surface area contributed by atoms with Crippen molar-refractivity contribution in [3.05, 3.63) is 52.8 Å². The molecule has 124 valence electrons. The van der Waals surface area contributed by atoms with Crippen LogP contribution in [0.5, 0.6) is 0 Å². The normalized spacial score (nSPS) is 12.0. The van der Waals surface area contributed by atoms with Crippen LogP contribution >= 0.6 is 15.9 Å². The molecule has 1 unspecified atom stereocenters. The first-order valence-corrected chi connectivity index (χ1v) is 7.99. The van der Waals surface area contributed by atoms with Crippen LogP contribution in [0.25, 0.3) is 0 Å². The Labute approximate surface area is 145 Å². The topological polar surface area (TPSA) is 124 Å². The number of carbonyl (C=O) groups is 1. The van der Waals surface area contributed by atoms with Gasteiger partial charge in [0.2, 0.25) is 11.9 Å². The van der Waals surface area contributed by atoms with E-state index in [-0.39, 0.29) is 18.4 Å². The monoisotopic (exact) mass is 390 g/mol. The minimum atomic E-state index is -0.214. The van der Waals surface area contributed by atoms with Crippen molar-refractivity contribution in [2.45, 2.75) is 19.0 Å². The zero-order valence-corrected chi connectivity index (χ0v) is 14.1. The van der Waals surface area contributed by atoms with Crippen LogP contribution in [0, 0.1) is 0 Å². The van der Waals surface area contributed by atoms with Crippen molar-refractivity contribution in [1.82, 2.24) is 35.7 Å². The summed E-state index contributed by atoms with van der Waals surface area (Å²) in [6, 6.07) is 7.54. The first-order chi connectivity index (χ1) is 11.7. The summed E-state index contributed by atoms with van der Waals surface area (Å²) < 4.78 is 0.924. The lowest BCUT2D eigenvalue weighted by molar-refractivity contribution is -0.116. The minimum Gasteiger partial charge on any atom is -0.302 e. The maximum atomic E-state index is 12.3. The lowest BCUT2D eigenvalue weighted by Gasteiger charge is -2.19. The predicted octanol–water partition coefficient (Wildman–Crippen LogP) is 1.54. The molecule has 0 fully saturated rings. The highest BCUT2D eigenvalue weighted by Crippen LogP contribution is 2.26. The van der Waals surface area contributed by atoms with Gasteiger partial charge in [0.1, 0.15) is 18.5 Å². The number of nitrogens with zero attached hydrogens (tertiary/aromatic N) is 4. The van der Waals surface area contributed by atoms with Gasteiger partial charge >= 0.3 is 0 Å². The van der Waals surface area contributed by atoms with Gasteiger partial charge in [0.15, 0.2) is 0 Å². The molecule has 0 aliphatic carbocycles. The van der Waals surface area contributed by atoms with Gasteiger partial charge in [-0.1, -0.05) is 34.1 Å². The van der Waals surface area contributed by atoms with E-state index in [0.29, 0.717) is 18.3 Å². The van der Waals surface area contributed by atoms with Crippen LogP contribution in [-0.2, 0) is 11.3 Å². The number of hydrogen-bond acceptors (Lipinski definition) is 6. The van der Waals surface area contributed by atoms with E-state index in [1.807, 2.05) is 24.3 Å². The molecule has 2 heterocycles. The highest BCUT2D eigenvalue weighted by atomic mass is 79.9. The molecule has 3 rings (SSSR count). The summed E-state index contributed by atoms with van der Waals surface area (Å²) >= 11 is 3.53. The fourth-order valence-electron chi connectivity index (χ4n) is 2.22. The van der Waals surface area contributed by atoms with Gasteiger partial charge in [0.05, 0.1) is 6.54 Å². The maximum Gasteiger partial charge on any atom is 0.228 e. The molecule has 3 aromatic rings. The van der Waals surface area contributed by atoms with Gasteiger partial charge in [-0.25, -0.2) is 10.1 Å². The summed E-state index contributed by atoms with van der Waals surface area (Å²) in [6.45, 7) is 0.460. The Bertz CT molecular complexity index is 774. The van der Waals surface area contributed by atoms with Gasteiger partial charge in [-0.2, -0.15) is 15.2 Å². The number of anilines is 1. The highest BCUT2D eigenvalue weighted by molar-refractivity contribution is 9.10. The smallest absolute Gasteiger partial charge is 0.228 e. The number of H-pyrrole nitrogens is 2. The van der Waals surface area contributed by atoms with Crippen molar-refractivity contribution < 1.29 is 4.79 Å². The molecule has 4 N–H and O–H groups in total. The van der Waals surface area contributed by atoms with E-state index in [9.17, 15) is 4.79 Å². The third-order valence-electron chi connectivity index (χ3n) is 3.32. The SMILES string of the molecule is O=C(CC(NCc1ncn[nH]1)c1ccccc1Br)Nc1ncn[nH]1. The van der Waals surface area contributed by atoms with Gasteiger partial charge in [0.25, 0.3) is 0 Å². The standard InChI is InChI=1S/C14H15BrN8O/c15-10-4-2-1-3-9(10)11(16-6-12-17-7-19-22-12)5-13(24)21-14-18-8-20-23-14/h1-4,7-8,11,16H,5-6H2,(H,17,19,22)(H2,18,20,21,23,24).